The third-order valence-electron chi connectivity index (χ3n) is 11.6. The molecule has 4 aliphatic rings. The molecule has 4 amide bonds. The molecule has 13 nitrogen and oxygen atoms in total. The Labute approximate surface area is 313 Å². The van der Waals surface area contributed by atoms with Gasteiger partial charge in [-0.3, -0.25) is 4.79 Å². The zero-order chi connectivity index (χ0) is 37.5. The van der Waals surface area contributed by atoms with Crippen molar-refractivity contribution in [3.63, 3.8) is 0 Å². The smallest absolute Gasteiger partial charge is 0.409 e. The van der Waals surface area contributed by atoms with E-state index in [1.165, 1.54) is 12.7 Å². The van der Waals surface area contributed by atoms with E-state index in [0.29, 0.717) is 37.8 Å². The molecule has 2 aromatic carbocycles. The van der Waals surface area contributed by atoms with Crippen molar-refractivity contribution in [3.05, 3.63) is 53.1 Å². The highest BCUT2D eigenvalue weighted by molar-refractivity contribution is 5.91. The summed E-state index contributed by atoms with van der Waals surface area (Å²) in [5, 5.41) is 3.00. The minimum absolute atomic E-state index is 0.0318. The molecular weight excluding hydrogens is 674 g/mol. The first-order chi connectivity index (χ1) is 25.7. The molecule has 3 fully saturated rings. The van der Waals surface area contributed by atoms with E-state index in [-0.39, 0.29) is 30.0 Å². The normalized spacial score (nSPS) is 19.9. The van der Waals surface area contributed by atoms with Crippen LogP contribution in [-0.2, 0) is 27.1 Å². The van der Waals surface area contributed by atoms with E-state index in [2.05, 4.69) is 57.1 Å². The van der Waals surface area contributed by atoms with Crippen LogP contribution in [0.15, 0.2) is 36.4 Å². The molecule has 0 aliphatic carbocycles. The van der Waals surface area contributed by atoms with Crippen molar-refractivity contribution in [2.24, 2.45) is 5.92 Å². The number of hydrogen-bond acceptors (Lipinski definition) is 8. The number of aromatic nitrogens is 2. The van der Waals surface area contributed by atoms with Crippen molar-refractivity contribution < 1.29 is 28.6 Å². The summed E-state index contributed by atoms with van der Waals surface area (Å²) in [5.74, 6) is 0.243. The number of carbonyl (C=O) groups is 3. The lowest BCUT2D eigenvalue weighted by atomic mass is 9.95. The lowest BCUT2D eigenvalue weighted by Gasteiger charge is -2.42. The van der Waals surface area contributed by atoms with Gasteiger partial charge in [-0.2, -0.15) is 4.98 Å². The predicted octanol–water partition coefficient (Wildman–Crippen LogP) is 5.47. The number of aromatic amines is 1. The van der Waals surface area contributed by atoms with Crippen LogP contribution in [-0.4, -0.2) is 133 Å². The van der Waals surface area contributed by atoms with E-state index in [1.807, 2.05) is 30.2 Å². The molecule has 0 saturated carbocycles. The van der Waals surface area contributed by atoms with E-state index in [4.69, 9.17) is 14.2 Å². The van der Waals surface area contributed by atoms with Crippen LogP contribution in [0.5, 0.6) is 6.01 Å². The largest absolute Gasteiger partial charge is 0.468 e. The Morgan fingerprint density at radius 2 is 1.57 bits per heavy atom. The Bertz CT molecular complexity index is 1710. The van der Waals surface area contributed by atoms with Crippen molar-refractivity contribution in [2.45, 2.75) is 83.4 Å². The fourth-order valence-electron chi connectivity index (χ4n) is 8.47. The Morgan fingerprint density at radius 3 is 2.25 bits per heavy atom. The number of rotatable bonds is 7. The molecule has 2 N–H and O–H groups in total. The zero-order valence-corrected chi connectivity index (χ0v) is 32.1. The Hall–Kier alpha value is -4.36. The first kappa shape index (κ1) is 38.4. The molecule has 3 saturated heterocycles. The topological polar surface area (TPSA) is 133 Å². The molecular formula is C40H57N7O6. The van der Waals surface area contributed by atoms with Crippen molar-refractivity contribution in [1.82, 2.24) is 29.6 Å². The summed E-state index contributed by atoms with van der Waals surface area (Å²) in [7, 11) is 4.82. The van der Waals surface area contributed by atoms with Crippen LogP contribution in [0, 0.1) is 12.8 Å². The summed E-state index contributed by atoms with van der Waals surface area (Å²) in [4.78, 5) is 53.0. The van der Waals surface area contributed by atoms with Gasteiger partial charge in [0, 0.05) is 76.6 Å². The number of benzene rings is 2. The van der Waals surface area contributed by atoms with Crippen molar-refractivity contribution in [2.75, 3.05) is 72.5 Å². The maximum Gasteiger partial charge on any atom is 0.409 e. The lowest BCUT2D eigenvalue weighted by Crippen LogP contribution is -2.50. The average Bonchev–Trinajstić information content (AvgIpc) is 3.54. The standard InChI is InChI=1S/C24H36N4O3.C16H21N3O3/c1-16-13-18(15-21-22(16)26-24(25-21)31-4)14-17(2)23(29)28-9-5-19(6-10-28)27-11-7-20(30-3)8-12-27;1-22-16(21)18-9-7-13(8-10-18)19-11-6-12-4-2-3-5-14(12)17-15(19)20/h13,15,17,19-20H,5-12,14H2,1-4H3,(H,25,26);2-5,13H,6-11H2,1H3,(H,17,20)/t17-;/m1./s1. The molecule has 3 aromatic rings. The number of amides is 4. The first-order valence-corrected chi connectivity index (χ1v) is 19.2. The average molecular weight is 732 g/mol. The second-order valence-corrected chi connectivity index (χ2v) is 14.9. The second-order valence-electron chi connectivity index (χ2n) is 14.9. The van der Waals surface area contributed by atoms with Crippen LogP contribution in [0.25, 0.3) is 11.0 Å². The van der Waals surface area contributed by atoms with Crippen LogP contribution in [0.2, 0.25) is 0 Å². The number of piperidine rings is 3. The van der Waals surface area contributed by atoms with Crippen LogP contribution in [0.3, 0.4) is 0 Å². The number of nitrogens with one attached hydrogen (secondary N) is 2. The highest BCUT2D eigenvalue weighted by Gasteiger charge is 2.33. The van der Waals surface area contributed by atoms with E-state index >= 15 is 0 Å². The number of methoxy groups -OCH3 is 3. The molecule has 13 heteroatoms. The molecule has 1 aromatic heterocycles. The molecule has 4 aliphatic heterocycles. The van der Waals surface area contributed by atoms with Crippen LogP contribution in [0.1, 0.15) is 62.1 Å². The predicted molar refractivity (Wildman–Crippen MR) is 204 cm³/mol. The number of H-pyrrole nitrogens is 1. The number of ether oxygens (including phenoxy) is 3. The highest BCUT2D eigenvalue weighted by atomic mass is 16.5. The number of anilines is 1. The number of nitrogens with zero attached hydrogens (tertiary/aromatic N) is 5. The number of fused-ring (bicyclic) bond motifs is 2. The maximum atomic E-state index is 13.1. The third-order valence-corrected chi connectivity index (χ3v) is 11.6. The van der Waals surface area contributed by atoms with Gasteiger partial charge in [-0.15, -0.1) is 0 Å². The van der Waals surface area contributed by atoms with Gasteiger partial charge in [0.25, 0.3) is 6.01 Å². The van der Waals surface area contributed by atoms with Gasteiger partial charge in [0.2, 0.25) is 5.91 Å². The van der Waals surface area contributed by atoms with Crippen LogP contribution in [0.4, 0.5) is 15.3 Å². The highest BCUT2D eigenvalue weighted by Crippen LogP contribution is 2.27. The molecule has 53 heavy (non-hydrogen) atoms. The number of likely N-dealkylation sites (tertiary alicyclic amines) is 3. The molecule has 0 bridgehead atoms. The summed E-state index contributed by atoms with van der Waals surface area (Å²) in [5.41, 5.74) is 6.23. The number of carbonyl (C=O) groups excluding carboxylic acids is 3. The Kier molecular flexibility index (Phi) is 12.8. The van der Waals surface area contributed by atoms with Gasteiger partial charge in [-0.25, -0.2) is 9.59 Å². The maximum absolute atomic E-state index is 13.1. The van der Waals surface area contributed by atoms with E-state index in [1.54, 1.807) is 12.0 Å². The molecule has 0 unspecified atom stereocenters. The van der Waals surface area contributed by atoms with E-state index in [9.17, 15) is 14.4 Å². The molecule has 0 spiro atoms. The van der Waals surface area contributed by atoms with Crippen LogP contribution >= 0.6 is 0 Å². The molecule has 1 atom stereocenters. The zero-order valence-electron chi connectivity index (χ0n) is 32.1. The fourth-order valence-corrected chi connectivity index (χ4v) is 8.47. The minimum atomic E-state index is -0.286. The van der Waals surface area contributed by atoms with Gasteiger partial charge in [-0.05, 0) is 87.1 Å². The number of aryl methyl sites for hydroxylation is 1. The van der Waals surface area contributed by atoms with Crippen molar-refractivity contribution >= 4 is 34.8 Å². The van der Waals surface area contributed by atoms with Gasteiger partial charge >= 0.3 is 12.1 Å². The fraction of sp³-hybridized carbons (Fsp3) is 0.600. The summed E-state index contributed by atoms with van der Waals surface area (Å²) >= 11 is 0. The summed E-state index contributed by atoms with van der Waals surface area (Å²) in [6, 6.07) is 13.4. The van der Waals surface area contributed by atoms with Gasteiger partial charge in [-0.1, -0.05) is 31.2 Å². The van der Waals surface area contributed by atoms with E-state index < -0.39 is 0 Å². The van der Waals surface area contributed by atoms with Crippen molar-refractivity contribution in [3.8, 4) is 6.01 Å². The number of para-hydroxylation sites is 1. The monoisotopic (exact) mass is 731 g/mol. The number of urea groups is 1. The number of hydrogen-bond donors (Lipinski definition) is 2. The lowest BCUT2D eigenvalue weighted by molar-refractivity contribution is -0.136. The summed E-state index contributed by atoms with van der Waals surface area (Å²) in [6.45, 7) is 10.1. The second kappa shape index (κ2) is 17.6. The minimum Gasteiger partial charge on any atom is -0.468 e. The number of imidazole rings is 1. The SMILES string of the molecule is COC(=O)N1CCC(N2CCc3ccccc3NC2=O)CC1.COc1nc2c(C)cc(C[C@@H](C)C(=O)N3CCC(N4CCC(OC)CC4)CC3)cc2[nH]1. The Balaban J connectivity index is 0.000000192. The van der Waals surface area contributed by atoms with E-state index in [0.717, 1.165) is 105 Å². The van der Waals surface area contributed by atoms with Crippen LogP contribution < -0.4 is 10.1 Å². The van der Waals surface area contributed by atoms with Gasteiger partial charge in [0.05, 0.1) is 31.4 Å². The summed E-state index contributed by atoms with van der Waals surface area (Å²) in [6.07, 6.45) is 7.71. The molecule has 7 rings (SSSR count). The quantitative estimate of drug-likeness (QED) is 0.327. The molecule has 288 valence electrons. The van der Waals surface area contributed by atoms with Gasteiger partial charge < -0.3 is 44.1 Å². The molecule has 5 heterocycles. The summed E-state index contributed by atoms with van der Waals surface area (Å²) < 4.78 is 15.5. The first-order valence-electron chi connectivity index (χ1n) is 19.2. The Morgan fingerprint density at radius 1 is 0.887 bits per heavy atom. The molecule has 0 radical (unpaired) electrons. The third kappa shape index (κ3) is 9.24. The van der Waals surface area contributed by atoms with Gasteiger partial charge in [0.15, 0.2) is 0 Å². The van der Waals surface area contributed by atoms with Crippen molar-refractivity contribution in [1.29, 1.82) is 0 Å². The van der Waals surface area contributed by atoms with Gasteiger partial charge in [0.1, 0.15) is 0 Å².